The van der Waals surface area contributed by atoms with Crippen LogP contribution >= 0.6 is 0 Å². The van der Waals surface area contributed by atoms with Gasteiger partial charge in [0.25, 0.3) is 0 Å². The normalized spacial score (nSPS) is 37.8. The SMILES string of the molecule is CO[C@H]1C[C@@H](NC(=O)C2C3CC4CC2CC(c2ccc(OC/C(=C/F)CN)cc2)(C4)C3)C1. The van der Waals surface area contributed by atoms with Crippen molar-refractivity contribution in [3.63, 3.8) is 0 Å². The van der Waals surface area contributed by atoms with E-state index in [9.17, 15) is 9.18 Å². The van der Waals surface area contributed by atoms with E-state index < -0.39 is 0 Å². The summed E-state index contributed by atoms with van der Waals surface area (Å²) in [6.07, 6.45) is 8.55. The molecule has 5 aliphatic carbocycles. The summed E-state index contributed by atoms with van der Waals surface area (Å²) in [5, 5.41) is 3.33. The Balaban J connectivity index is 1.25. The molecule has 0 saturated heterocycles. The summed E-state index contributed by atoms with van der Waals surface area (Å²) in [5.74, 6) is 2.89. The van der Waals surface area contributed by atoms with Crippen LogP contribution in [0.2, 0.25) is 0 Å². The first-order valence-corrected chi connectivity index (χ1v) is 12.1. The van der Waals surface area contributed by atoms with Crippen molar-refractivity contribution >= 4 is 5.91 Å². The Labute approximate surface area is 189 Å². The minimum atomic E-state index is 0.157. The molecule has 1 amide bonds. The standard InChI is InChI=1S/C26H35FN2O3/c1-31-23-8-21(9-23)29-25(30)24-18-6-16-7-19(24)12-26(10-16,11-18)20-2-4-22(5-3-20)32-15-17(13-27)14-28/h2-5,13,16,18-19,21,23-24H,6-12,14-15,28H2,1H3,(H,29,30)/b17-13+/t16?,18?,19?,21-,23+,24?,26?. The molecule has 5 nitrogen and oxygen atoms in total. The number of halogens is 1. The molecule has 5 aliphatic rings. The molecule has 32 heavy (non-hydrogen) atoms. The van der Waals surface area contributed by atoms with Crippen LogP contribution in [0.25, 0.3) is 0 Å². The van der Waals surface area contributed by atoms with Crippen molar-refractivity contribution in [1.82, 2.24) is 5.32 Å². The van der Waals surface area contributed by atoms with Crippen molar-refractivity contribution in [1.29, 1.82) is 0 Å². The second-order valence-corrected chi connectivity index (χ2v) is 10.6. The van der Waals surface area contributed by atoms with Crippen LogP contribution in [0.3, 0.4) is 0 Å². The highest BCUT2D eigenvalue weighted by Crippen LogP contribution is 2.63. The summed E-state index contributed by atoms with van der Waals surface area (Å²) >= 11 is 0. The summed E-state index contributed by atoms with van der Waals surface area (Å²) in [5.41, 5.74) is 7.50. The molecular formula is C26H35FN2O3. The summed E-state index contributed by atoms with van der Waals surface area (Å²) in [7, 11) is 1.75. The van der Waals surface area contributed by atoms with Gasteiger partial charge in [0.2, 0.25) is 5.91 Å². The van der Waals surface area contributed by atoms with Crippen molar-refractivity contribution in [2.24, 2.45) is 29.4 Å². The maximum atomic E-state index is 13.2. The van der Waals surface area contributed by atoms with Gasteiger partial charge in [-0.1, -0.05) is 12.1 Å². The Kier molecular flexibility index (Phi) is 6.01. The van der Waals surface area contributed by atoms with Crippen molar-refractivity contribution in [3.8, 4) is 5.75 Å². The molecule has 6 heteroatoms. The minimum absolute atomic E-state index is 0.157. The molecule has 5 fully saturated rings. The molecule has 0 aliphatic heterocycles. The number of benzene rings is 1. The molecule has 1 aromatic rings. The number of nitrogens with two attached hydrogens (primary N) is 1. The number of amides is 1. The van der Waals surface area contributed by atoms with E-state index in [0.717, 1.165) is 37.4 Å². The molecule has 2 atom stereocenters. The highest BCUT2D eigenvalue weighted by Gasteiger charge is 2.57. The third-order valence-corrected chi connectivity index (χ3v) is 8.66. The first-order valence-electron chi connectivity index (χ1n) is 12.1. The zero-order valence-corrected chi connectivity index (χ0v) is 18.9. The van der Waals surface area contributed by atoms with Gasteiger partial charge in [-0.2, -0.15) is 0 Å². The second kappa shape index (κ2) is 8.79. The van der Waals surface area contributed by atoms with Gasteiger partial charge in [-0.25, -0.2) is 4.39 Å². The lowest BCUT2D eigenvalue weighted by Gasteiger charge is -2.60. The van der Waals surface area contributed by atoms with Gasteiger partial charge in [0.1, 0.15) is 12.4 Å². The van der Waals surface area contributed by atoms with Gasteiger partial charge in [0.05, 0.1) is 12.4 Å². The number of hydrogen-bond acceptors (Lipinski definition) is 4. The van der Waals surface area contributed by atoms with Crippen LogP contribution in [0.15, 0.2) is 36.2 Å². The highest BCUT2D eigenvalue weighted by molar-refractivity contribution is 5.80. The number of carbonyl (C=O) groups is 1. The molecule has 0 radical (unpaired) electrons. The van der Waals surface area contributed by atoms with Gasteiger partial charge in [-0.3, -0.25) is 4.79 Å². The number of methoxy groups -OCH3 is 1. The van der Waals surface area contributed by atoms with Gasteiger partial charge in [-0.15, -0.1) is 0 Å². The van der Waals surface area contributed by atoms with Gasteiger partial charge < -0.3 is 20.5 Å². The molecule has 0 heterocycles. The van der Waals surface area contributed by atoms with Crippen LogP contribution in [-0.4, -0.2) is 38.3 Å². The second-order valence-electron chi connectivity index (χ2n) is 10.6. The minimum Gasteiger partial charge on any atom is -0.489 e. The summed E-state index contributed by atoms with van der Waals surface area (Å²) < 4.78 is 23.8. The molecule has 4 bridgehead atoms. The van der Waals surface area contributed by atoms with E-state index in [0.29, 0.717) is 29.8 Å². The fourth-order valence-electron chi connectivity index (χ4n) is 7.20. The lowest BCUT2D eigenvalue weighted by molar-refractivity contribution is -0.142. The van der Waals surface area contributed by atoms with Gasteiger partial charge in [-0.05, 0) is 85.8 Å². The Morgan fingerprint density at radius 3 is 2.44 bits per heavy atom. The fourth-order valence-corrected chi connectivity index (χ4v) is 7.20. The van der Waals surface area contributed by atoms with Crippen molar-refractivity contribution < 1.29 is 18.7 Å². The van der Waals surface area contributed by atoms with Crippen LogP contribution in [0, 0.1) is 23.7 Å². The smallest absolute Gasteiger partial charge is 0.223 e. The number of hydrogen-bond donors (Lipinski definition) is 2. The maximum absolute atomic E-state index is 13.2. The Bertz CT molecular complexity index is 848. The molecule has 174 valence electrons. The molecule has 0 spiro atoms. The van der Waals surface area contributed by atoms with Gasteiger partial charge in [0, 0.05) is 31.2 Å². The first kappa shape index (κ1) is 21.9. The Hall–Kier alpha value is -1.92. The largest absolute Gasteiger partial charge is 0.489 e. The molecule has 6 rings (SSSR count). The van der Waals surface area contributed by atoms with Crippen LogP contribution < -0.4 is 15.8 Å². The molecule has 1 aromatic carbocycles. The van der Waals surface area contributed by atoms with Crippen molar-refractivity contribution in [3.05, 3.63) is 41.7 Å². The lowest BCUT2D eigenvalue weighted by Crippen LogP contribution is -2.58. The average molecular weight is 443 g/mol. The van der Waals surface area contributed by atoms with Crippen molar-refractivity contribution in [2.75, 3.05) is 20.3 Å². The zero-order chi connectivity index (χ0) is 22.3. The lowest BCUT2D eigenvalue weighted by atomic mass is 9.44. The van der Waals surface area contributed by atoms with Gasteiger partial charge >= 0.3 is 0 Å². The fraction of sp³-hybridized carbons (Fsp3) is 0.654. The third kappa shape index (κ3) is 3.96. The average Bonchev–Trinajstić information content (AvgIpc) is 2.76. The number of ether oxygens (including phenoxy) is 2. The zero-order valence-electron chi connectivity index (χ0n) is 18.9. The van der Waals surface area contributed by atoms with Crippen LogP contribution in [-0.2, 0) is 14.9 Å². The van der Waals surface area contributed by atoms with E-state index >= 15 is 0 Å². The van der Waals surface area contributed by atoms with Crippen LogP contribution in [0.4, 0.5) is 4.39 Å². The van der Waals surface area contributed by atoms with E-state index in [2.05, 4.69) is 17.4 Å². The predicted octanol–water partition coefficient (Wildman–Crippen LogP) is 3.87. The summed E-state index contributed by atoms with van der Waals surface area (Å²) in [6, 6.07) is 8.63. The topological polar surface area (TPSA) is 73.6 Å². The van der Waals surface area contributed by atoms with E-state index in [-0.39, 0.29) is 36.4 Å². The number of nitrogens with one attached hydrogen (secondary N) is 1. The Morgan fingerprint density at radius 1 is 1.16 bits per heavy atom. The van der Waals surface area contributed by atoms with E-state index in [4.69, 9.17) is 15.2 Å². The highest BCUT2D eigenvalue weighted by atomic mass is 19.1. The summed E-state index contributed by atoms with van der Waals surface area (Å²) in [4.78, 5) is 13.2. The molecule has 5 saturated carbocycles. The Morgan fingerprint density at radius 2 is 1.84 bits per heavy atom. The molecule has 3 N–H and O–H groups in total. The predicted molar refractivity (Wildman–Crippen MR) is 121 cm³/mol. The quantitative estimate of drug-likeness (QED) is 0.641. The van der Waals surface area contributed by atoms with E-state index in [1.54, 1.807) is 7.11 Å². The summed E-state index contributed by atoms with van der Waals surface area (Å²) in [6.45, 7) is 0.330. The van der Waals surface area contributed by atoms with Crippen LogP contribution in [0.1, 0.15) is 50.5 Å². The van der Waals surface area contributed by atoms with Crippen LogP contribution in [0.5, 0.6) is 5.75 Å². The number of rotatable bonds is 8. The first-order chi connectivity index (χ1) is 15.5. The molecule has 0 aromatic heterocycles. The van der Waals surface area contributed by atoms with E-state index in [1.807, 2.05) is 12.1 Å². The monoisotopic (exact) mass is 442 g/mol. The maximum Gasteiger partial charge on any atom is 0.223 e. The van der Waals surface area contributed by atoms with Crippen molar-refractivity contribution in [2.45, 2.75) is 62.5 Å². The number of carbonyl (C=O) groups excluding carboxylic acids is 1. The molecule has 2 unspecified atom stereocenters. The van der Waals surface area contributed by atoms with Gasteiger partial charge in [0.15, 0.2) is 0 Å². The molecular weight excluding hydrogens is 407 g/mol. The van der Waals surface area contributed by atoms with E-state index in [1.165, 1.54) is 24.8 Å². The third-order valence-electron chi connectivity index (χ3n) is 8.66.